The number of rotatable bonds is 6. The zero-order valence-electron chi connectivity index (χ0n) is 8.21. The fraction of sp³-hybridized carbons (Fsp3) is 1.00. The zero-order chi connectivity index (χ0) is 9.61. The van der Waals surface area contributed by atoms with E-state index in [1.807, 2.05) is 0 Å². The topological polar surface area (TPSA) is 49.7 Å². The Bertz CT molecular complexity index is 110. The predicted octanol–water partition coefficient (Wildman–Crippen LogP) is 1.28. The van der Waals surface area contributed by atoms with Crippen molar-refractivity contribution < 1.29 is 14.9 Å². The van der Waals surface area contributed by atoms with E-state index < -0.39 is 11.9 Å². The van der Waals surface area contributed by atoms with Gasteiger partial charge in [-0.25, -0.2) is 0 Å². The van der Waals surface area contributed by atoms with Crippen LogP contribution in [0.4, 0.5) is 0 Å². The second kappa shape index (κ2) is 5.51. The highest BCUT2D eigenvalue weighted by Crippen LogP contribution is 2.14. The predicted molar refractivity (Wildman–Crippen MR) is 47.8 cm³/mol. The Morgan fingerprint density at radius 2 is 2.08 bits per heavy atom. The number of hydrogen-bond acceptors (Lipinski definition) is 3. The Labute approximate surface area is 74.4 Å². The molecular weight excluding hydrogens is 156 g/mol. The molecule has 0 heterocycles. The van der Waals surface area contributed by atoms with Gasteiger partial charge in [0.15, 0.2) is 5.79 Å². The van der Waals surface area contributed by atoms with E-state index >= 15 is 0 Å². The minimum atomic E-state index is -1.18. The summed E-state index contributed by atoms with van der Waals surface area (Å²) in [7, 11) is 0. The molecular formula is C9H20O3. The van der Waals surface area contributed by atoms with Crippen molar-refractivity contribution in [1.29, 1.82) is 0 Å². The molecule has 0 saturated carbocycles. The molecule has 0 fully saturated rings. The summed E-state index contributed by atoms with van der Waals surface area (Å²) in [5, 5.41) is 18.5. The van der Waals surface area contributed by atoms with Crippen LogP contribution in [0.15, 0.2) is 0 Å². The summed E-state index contributed by atoms with van der Waals surface area (Å²) < 4.78 is 5.18. The van der Waals surface area contributed by atoms with Gasteiger partial charge in [-0.3, -0.25) is 0 Å². The summed E-state index contributed by atoms with van der Waals surface area (Å²) in [5.41, 5.74) is 0. The van der Waals surface area contributed by atoms with E-state index in [9.17, 15) is 5.11 Å². The molecule has 0 radical (unpaired) electrons. The molecule has 0 saturated heterocycles. The number of ether oxygens (including phenoxy) is 1. The van der Waals surface area contributed by atoms with Crippen LogP contribution in [0.5, 0.6) is 0 Å². The molecule has 0 aliphatic heterocycles. The summed E-state index contributed by atoms with van der Waals surface area (Å²) in [6.07, 6.45) is 1.72. The van der Waals surface area contributed by atoms with Gasteiger partial charge in [-0.1, -0.05) is 13.3 Å². The first-order valence-electron chi connectivity index (χ1n) is 4.52. The molecule has 3 nitrogen and oxygen atoms in total. The number of unbranched alkanes of at least 4 members (excludes halogenated alkanes) is 1. The van der Waals surface area contributed by atoms with Crippen molar-refractivity contribution in [2.75, 3.05) is 6.61 Å². The highest BCUT2D eigenvalue weighted by molar-refractivity contribution is 4.63. The molecule has 12 heavy (non-hydrogen) atoms. The average molecular weight is 176 g/mol. The van der Waals surface area contributed by atoms with Gasteiger partial charge in [0.1, 0.15) is 0 Å². The van der Waals surface area contributed by atoms with E-state index in [1.165, 1.54) is 0 Å². The van der Waals surface area contributed by atoms with Crippen LogP contribution in [0.1, 0.15) is 40.0 Å². The molecule has 0 aromatic carbocycles. The molecule has 0 bridgehead atoms. The first-order chi connectivity index (χ1) is 5.48. The van der Waals surface area contributed by atoms with Gasteiger partial charge in [0, 0.05) is 13.0 Å². The van der Waals surface area contributed by atoms with E-state index in [0.29, 0.717) is 6.61 Å². The average Bonchev–Trinajstić information content (AvgIpc) is 1.84. The van der Waals surface area contributed by atoms with E-state index in [1.54, 1.807) is 13.8 Å². The van der Waals surface area contributed by atoms with Crippen molar-refractivity contribution in [2.45, 2.75) is 51.9 Å². The number of aliphatic hydroxyl groups excluding tert-OH is 1. The summed E-state index contributed by atoms with van der Waals surface area (Å²) >= 11 is 0. The Morgan fingerprint density at radius 1 is 1.50 bits per heavy atom. The maximum Gasteiger partial charge on any atom is 0.165 e. The van der Waals surface area contributed by atoms with Crippen LogP contribution < -0.4 is 0 Å². The van der Waals surface area contributed by atoms with Gasteiger partial charge in [0.2, 0.25) is 0 Å². The first-order valence-corrected chi connectivity index (χ1v) is 4.52. The van der Waals surface area contributed by atoms with E-state index in [4.69, 9.17) is 9.84 Å². The van der Waals surface area contributed by atoms with Gasteiger partial charge < -0.3 is 14.9 Å². The van der Waals surface area contributed by atoms with Crippen molar-refractivity contribution in [3.05, 3.63) is 0 Å². The summed E-state index contributed by atoms with van der Waals surface area (Å²) in [5.74, 6) is -1.18. The van der Waals surface area contributed by atoms with Gasteiger partial charge >= 0.3 is 0 Å². The lowest BCUT2D eigenvalue weighted by molar-refractivity contribution is -0.205. The van der Waals surface area contributed by atoms with Crippen molar-refractivity contribution in [3.8, 4) is 0 Å². The lowest BCUT2D eigenvalue weighted by Crippen LogP contribution is -2.32. The van der Waals surface area contributed by atoms with Crippen molar-refractivity contribution in [1.82, 2.24) is 0 Å². The summed E-state index contributed by atoms with van der Waals surface area (Å²) in [4.78, 5) is 0. The second-order valence-corrected chi connectivity index (χ2v) is 3.43. The zero-order valence-corrected chi connectivity index (χ0v) is 8.21. The van der Waals surface area contributed by atoms with Crippen LogP contribution >= 0.6 is 0 Å². The molecule has 0 aliphatic rings. The van der Waals surface area contributed by atoms with E-state index in [-0.39, 0.29) is 6.42 Å². The van der Waals surface area contributed by atoms with Crippen LogP contribution in [-0.4, -0.2) is 28.7 Å². The van der Waals surface area contributed by atoms with Crippen molar-refractivity contribution in [2.24, 2.45) is 0 Å². The number of aliphatic hydroxyl groups is 2. The van der Waals surface area contributed by atoms with Gasteiger partial charge in [-0.15, -0.1) is 0 Å². The van der Waals surface area contributed by atoms with E-state index in [0.717, 1.165) is 12.8 Å². The summed E-state index contributed by atoms with van der Waals surface area (Å²) in [6, 6.07) is 0. The molecule has 2 atom stereocenters. The van der Waals surface area contributed by atoms with Gasteiger partial charge in [-0.2, -0.15) is 0 Å². The molecule has 3 heteroatoms. The third-order valence-corrected chi connectivity index (χ3v) is 1.59. The fourth-order valence-corrected chi connectivity index (χ4v) is 1.04. The maximum atomic E-state index is 9.53. The van der Waals surface area contributed by atoms with Crippen LogP contribution in [0, 0.1) is 0 Å². The fourth-order valence-electron chi connectivity index (χ4n) is 1.04. The molecule has 0 spiro atoms. The molecule has 2 unspecified atom stereocenters. The normalized spacial score (nSPS) is 18.8. The monoisotopic (exact) mass is 176 g/mol. The Balaban J connectivity index is 3.56. The minimum Gasteiger partial charge on any atom is -0.393 e. The lowest BCUT2D eigenvalue weighted by Gasteiger charge is -2.24. The molecule has 0 rings (SSSR count). The third-order valence-electron chi connectivity index (χ3n) is 1.59. The molecule has 0 amide bonds. The highest BCUT2D eigenvalue weighted by atomic mass is 16.6. The SMILES string of the molecule is CCCCOC(C)(O)CC(C)O. The van der Waals surface area contributed by atoms with Gasteiger partial charge in [0.25, 0.3) is 0 Å². The van der Waals surface area contributed by atoms with Gasteiger partial charge in [0.05, 0.1) is 6.10 Å². The van der Waals surface area contributed by atoms with Crippen LogP contribution in [-0.2, 0) is 4.74 Å². The molecule has 74 valence electrons. The van der Waals surface area contributed by atoms with Crippen LogP contribution in [0.3, 0.4) is 0 Å². The second-order valence-electron chi connectivity index (χ2n) is 3.43. The Hall–Kier alpha value is -0.120. The van der Waals surface area contributed by atoms with Crippen LogP contribution in [0.25, 0.3) is 0 Å². The largest absolute Gasteiger partial charge is 0.393 e. The maximum absolute atomic E-state index is 9.53. The molecule has 0 aromatic heterocycles. The highest BCUT2D eigenvalue weighted by Gasteiger charge is 2.22. The first kappa shape index (κ1) is 11.9. The molecule has 0 aromatic rings. The van der Waals surface area contributed by atoms with E-state index in [2.05, 4.69) is 6.92 Å². The molecule has 2 N–H and O–H groups in total. The standard InChI is InChI=1S/C9H20O3/c1-4-5-6-12-9(3,11)7-8(2)10/h8,10-11H,4-7H2,1-3H3. The quantitative estimate of drug-likeness (QED) is 0.473. The minimum absolute atomic E-state index is 0.261. The van der Waals surface area contributed by atoms with Crippen LogP contribution in [0.2, 0.25) is 0 Å². The lowest BCUT2D eigenvalue weighted by atomic mass is 10.1. The number of hydrogen-bond donors (Lipinski definition) is 2. The smallest absolute Gasteiger partial charge is 0.165 e. The van der Waals surface area contributed by atoms with Gasteiger partial charge in [-0.05, 0) is 20.3 Å². The Morgan fingerprint density at radius 3 is 2.50 bits per heavy atom. The van der Waals surface area contributed by atoms with Crippen molar-refractivity contribution >= 4 is 0 Å². The third kappa shape index (κ3) is 6.58. The summed E-state index contributed by atoms with van der Waals surface area (Å²) in [6.45, 7) is 5.83. The van der Waals surface area contributed by atoms with Crippen molar-refractivity contribution in [3.63, 3.8) is 0 Å². The Kier molecular flexibility index (Phi) is 5.46. The molecule has 0 aliphatic carbocycles.